The van der Waals surface area contributed by atoms with Gasteiger partial charge in [-0.1, -0.05) is 6.42 Å². The van der Waals surface area contributed by atoms with E-state index in [-0.39, 0.29) is 11.6 Å². The summed E-state index contributed by atoms with van der Waals surface area (Å²) in [5.74, 6) is -1.02. The Balaban J connectivity index is 1.88. The second-order valence-electron chi connectivity index (χ2n) is 6.60. The smallest absolute Gasteiger partial charge is 0.260 e. The number of nitrogens with two attached hydrogens (primary N) is 1. The Labute approximate surface area is 134 Å². The fourth-order valence-corrected chi connectivity index (χ4v) is 3.80. The summed E-state index contributed by atoms with van der Waals surface area (Å²) in [7, 11) is 0. The number of alkyl halides is 1. The molecule has 0 aromatic carbocycles. The van der Waals surface area contributed by atoms with Crippen LogP contribution in [0.15, 0.2) is 6.20 Å². The average molecular weight is 322 g/mol. The Kier molecular flexibility index (Phi) is 4.37. The Morgan fingerprint density at radius 2 is 2.00 bits per heavy atom. The summed E-state index contributed by atoms with van der Waals surface area (Å²) in [5.41, 5.74) is 4.43. The zero-order valence-corrected chi connectivity index (χ0v) is 13.2. The van der Waals surface area contributed by atoms with Crippen LogP contribution >= 0.6 is 0 Å². The highest BCUT2D eigenvalue weighted by atomic mass is 19.1. The number of hydrogen-bond acceptors (Lipinski definition) is 3. The van der Waals surface area contributed by atoms with Crippen molar-refractivity contribution in [1.29, 1.82) is 0 Å². The molecule has 1 aromatic heterocycles. The number of likely N-dealkylation sites (tertiary alicyclic amines) is 1. The van der Waals surface area contributed by atoms with E-state index in [9.17, 15) is 9.59 Å². The molecule has 3 rings (SSSR count). The number of halogens is 1. The van der Waals surface area contributed by atoms with Gasteiger partial charge in [-0.05, 0) is 44.9 Å². The summed E-state index contributed by atoms with van der Waals surface area (Å²) in [4.78, 5) is 26.0. The molecule has 1 atom stereocenters. The number of carbonyl (C=O) groups is 2. The standard InChI is InChI=1S/C16H23FN4O2/c17-16(7-3-1-4-8-16)15(23)21-9-5-2-6-12(21)13-11(14(18)22)10-19-20-13/h10,12H,1-9H2,(H2,18,22)(H,19,20). The van der Waals surface area contributed by atoms with Crippen molar-refractivity contribution < 1.29 is 14.0 Å². The molecule has 2 heterocycles. The van der Waals surface area contributed by atoms with Gasteiger partial charge in [0, 0.05) is 6.54 Å². The van der Waals surface area contributed by atoms with E-state index in [1.165, 1.54) is 6.20 Å². The van der Waals surface area contributed by atoms with E-state index < -0.39 is 17.5 Å². The van der Waals surface area contributed by atoms with Crippen LogP contribution in [-0.4, -0.2) is 39.1 Å². The number of aromatic amines is 1. The molecular weight excluding hydrogens is 299 g/mol. The van der Waals surface area contributed by atoms with Crippen molar-refractivity contribution in [1.82, 2.24) is 15.1 Å². The number of hydrogen-bond donors (Lipinski definition) is 2. The van der Waals surface area contributed by atoms with Crippen LogP contribution in [0.3, 0.4) is 0 Å². The van der Waals surface area contributed by atoms with Gasteiger partial charge in [0.25, 0.3) is 11.8 Å². The molecule has 1 aliphatic heterocycles. The predicted molar refractivity (Wildman–Crippen MR) is 82.3 cm³/mol. The molecule has 2 aliphatic rings. The summed E-state index contributed by atoms with van der Waals surface area (Å²) in [5, 5.41) is 6.67. The number of rotatable bonds is 3. The normalized spacial score (nSPS) is 24.4. The van der Waals surface area contributed by atoms with Crippen molar-refractivity contribution >= 4 is 11.8 Å². The molecule has 126 valence electrons. The van der Waals surface area contributed by atoms with E-state index >= 15 is 4.39 Å². The predicted octanol–water partition coefficient (Wildman–Crippen LogP) is 2.23. The maximum absolute atomic E-state index is 15.1. The Morgan fingerprint density at radius 1 is 1.26 bits per heavy atom. The first-order chi connectivity index (χ1) is 11.0. The van der Waals surface area contributed by atoms with Gasteiger partial charge in [-0.25, -0.2) is 4.39 Å². The number of carbonyl (C=O) groups excluding carboxylic acids is 2. The van der Waals surface area contributed by atoms with Crippen LogP contribution in [-0.2, 0) is 4.79 Å². The first-order valence-corrected chi connectivity index (χ1v) is 8.36. The maximum Gasteiger partial charge on any atom is 0.260 e. The molecular formula is C16H23FN4O2. The fraction of sp³-hybridized carbons (Fsp3) is 0.688. The first kappa shape index (κ1) is 16.0. The molecule has 0 radical (unpaired) electrons. The lowest BCUT2D eigenvalue weighted by Gasteiger charge is -2.40. The van der Waals surface area contributed by atoms with Crippen molar-refractivity contribution in [3.05, 3.63) is 17.5 Å². The molecule has 1 aromatic rings. The highest BCUT2D eigenvalue weighted by molar-refractivity contribution is 5.94. The van der Waals surface area contributed by atoms with Crippen LogP contribution < -0.4 is 5.73 Å². The summed E-state index contributed by atoms with van der Waals surface area (Å²) in [6.45, 7) is 0.506. The molecule has 0 spiro atoms. The van der Waals surface area contributed by atoms with Gasteiger partial charge in [0.15, 0.2) is 5.67 Å². The lowest BCUT2D eigenvalue weighted by molar-refractivity contribution is -0.150. The monoisotopic (exact) mass is 322 g/mol. The van der Waals surface area contributed by atoms with Crippen LogP contribution in [0.5, 0.6) is 0 Å². The Hall–Kier alpha value is -1.92. The van der Waals surface area contributed by atoms with E-state index in [2.05, 4.69) is 10.2 Å². The SMILES string of the molecule is NC(=O)c1cn[nH]c1C1CCCCN1C(=O)C1(F)CCCCC1. The van der Waals surface area contributed by atoms with Gasteiger partial charge in [-0.3, -0.25) is 14.7 Å². The molecule has 1 unspecified atom stereocenters. The molecule has 1 saturated heterocycles. The van der Waals surface area contributed by atoms with Crippen LogP contribution in [0.1, 0.15) is 73.5 Å². The van der Waals surface area contributed by atoms with Crippen molar-refractivity contribution in [2.45, 2.75) is 63.1 Å². The van der Waals surface area contributed by atoms with Crippen LogP contribution in [0.4, 0.5) is 4.39 Å². The minimum absolute atomic E-state index is 0.284. The van der Waals surface area contributed by atoms with Gasteiger partial charge in [-0.2, -0.15) is 5.10 Å². The maximum atomic E-state index is 15.1. The number of primary amides is 1. The van der Waals surface area contributed by atoms with Crippen LogP contribution in [0, 0.1) is 0 Å². The second kappa shape index (κ2) is 6.29. The third-order valence-electron chi connectivity index (χ3n) is 5.06. The zero-order valence-electron chi connectivity index (χ0n) is 13.2. The average Bonchev–Trinajstić information content (AvgIpc) is 3.04. The zero-order chi connectivity index (χ0) is 16.4. The van der Waals surface area contributed by atoms with E-state index in [0.29, 0.717) is 31.5 Å². The van der Waals surface area contributed by atoms with E-state index in [4.69, 9.17) is 5.73 Å². The minimum Gasteiger partial charge on any atom is -0.365 e. The van der Waals surface area contributed by atoms with Crippen molar-refractivity contribution in [2.75, 3.05) is 6.54 Å². The van der Waals surface area contributed by atoms with Crippen molar-refractivity contribution in [3.63, 3.8) is 0 Å². The number of piperidine rings is 1. The lowest BCUT2D eigenvalue weighted by Crippen LogP contribution is -2.50. The first-order valence-electron chi connectivity index (χ1n) is 8.36. The largest absolute Gasteiger partial charge is 0.365 e. The lowest BCUT2D eigenvalue weighted by atomic mass is 9.84. The molecule has 1 saturated carbocycles. The van der Waals surface area contributed by atoms with Gasteiger partial charge in [0.2, 0.25) is 0 Å². The molecule has 1 aliphatic carbocycles. The van der Waals surface area contributed by atoms with E-state index in [1.54, 1.807) is 4.90 Å². The molecule has 3 N–H and O–H groups in total. The number of aromatic nitrogens is 2. The molecule has 6 nitrogen and oxygen atoms in total. The highest BCUT2D eigenvalue weighted by Crippen LogP contribution is 2.39. The van der Waals surface area contributed by atoms with Gasteiger partial charge in [0.05, 0.1) is 23.5 Å². The number of H-pyrrole nitrogens is 1. The van der Waals surface area contributed by atoms with E-state index in [0.717, 1.165) is 32.1 Å². The van der Waals surface area contributed by atoms with Gasteiger partial charge >= 0.3 is 0 Å². The topological polar surface area (TPSA) is 92.1 Å². The quantitative estimate of drug-likeness (QED) is 0.894. The summed E-state index contributed by atoms with van der Waals surface area (Å²) in [6, 6.07) is -0.351. The van der Waals surface area contributed by atoms with Gasteiger partial charge in [0.1, 0.15) is 0 Å². The second-order valence-corrected chi connectivity index (χ2v) is 6.60. The van der Waals surface area contributed by atoms with E-state index in [1.807, 2.05) is 0 Å². The third kappa shape index (κ3) is 2.96. The minimum atomic E-state index is -1.76. The summed E-state index contributed by atoms with van der Waals surface area (Å²) >= 11 is 0. The molecule has 7 heteroatoms. The number of amides is 2. The fourth-order valence-electron chi connectivity index (χ4n) is 3.80. The third-order valence-corrected chi connectivity index (χ3v) is 5.06. The molecule has 0 bridgehead atoms. The van der Waals surface area contributed by atoms with Gasteiger partial charge in [-0.15, -0.1) is 0 Å². The van der Waals surface area contributed by atoms with Crippen LogP contribution in [0.25, 0.3) is 0 Å². The molecule has 23 heavy (non-hydrogen) atoms. The van der Waals surface area contributed by atoms with Gasteiger partial charge < -0.3 is 10.6 Å². The summed E-state index contributed by atoms with van der Waals surface area (Å²) in [6.07, 6.45) is 6.89. The number of nitrogens with zero attached hydrogens (tertiary/aromatic N) is 2. The molecule has 2 fully saturated rings. The van der Waals surface area contributed by atoms with Crippen molar-refractivity contribution in [3.8, 4) is 0 Å². The number of nitrogens with one attached hydrogen (secondary N) is 1. The highest BCUT2D eigenvalue weighted by Gasteiger charge is 2.45. The Morgan fingerprint density at radius 3 is 2.70 bits per heavy atom. The molecule has 2 amide bonds. The van der Waals surface area contributed by atoms with Crippen LogP contribution in [0.2, 0.25) is 0 Å². The van der Waals surface area contributed by atoms with Crippen molar-refractivity contribution in [2.24, 2.45) is 5.73 Å². The summed E-state index contributed by atoms with van der Waals surface area (Å²) < 4.78 is 15.1. The Bertz CT molecular complexity index is 595.